The van der Waals surface area contributed by atoms with E-state index in [1.807, 2.05) is 0 Å². The lowest BCUT2D eigenvalue weighted by Gasteiger charge is -2.14. The lowest BCUT2D eigenvalue weighted by atomic mass is 9.88. The number of allylic oxidation sites excluding steroid dienone is 2. The molecule has 0 aliphatic heterocycles. The molecular formula is C11H14O. The summed E-state index contributed by atoms with van der Waals surface area (Å²) in [5.41, 5.74) is 0.0666. The van der Waals surface area contributed by atoms with Crippen molar-refractivity contribution in [2.75, 3.05) is 0 Å². The Morgan fingerprint density at radius 3 is 2.25 bits per heavy atom. The van der Waals surface area contributed by atoms with Crippen molar-refractivity contribution in [2.45, 2.75) is 20.3 Å². The van der Waals surface area contributed by atoms with Crippen molar-refractivity contribution in [3.05, 3.63) is 12.2 Å². The molecule has 4 unspecified atom stereocenters. The molecule has 4 atom stereocenters. The molecule has 2 fully saturated rings. The van der Waals surface area contributed by atoms with Crippen LogP contribution in [0, 0.1) is 29.1 Å². The number of carbonyl (C=O) groups is 1. The van der Waals surface area contributed by atoms with Crippen LogP contribution < -0.4 is 0 Å². The molecule has 0 saturated heterocycles. The maximum Gasteiger partial charge on any atom is 0.136 e. The van der Waals surface area contributed by atoms with Gasteiger partial charge in [-0.05, 0) is 37.0 Å². The molecule has 0 aromatic heterocycles. The highest BCUT2D eigenvalue weighted by atomic mass is 16.1. The van der Waals surface area contributed by atoms with E-state index in [2.05, 4.69) is 19.1 Å². The molecule has 0 aromatic carbocycles. The number of fused-ring (bicyclic) bond motifs is 5. The molecule has 3 rings (SSSR count). The highest BCUT2D eigenvalue weighted by Gasteiger charge is 2.73. The Bertz CT molecular complexity index is 271. The Morgan fingerprint density at radius 1 is 1.33 bits per heavy atom. The zero-order valence-electron chi connectivity index (χ0n) is 7.58. The van der Waals surface area contributed by atoms with Crippen molar-refractivity contribution in [1.82, 2.24) is 0 Å². The third-order valence-electron chi connectivity index (χ3n) is 4.49. The van der Waals surface area contributed by atoms with Gasteiger partial charge in [0.25, 0.3) is 0 Å². The first kappa shape index (κ1) is 6.88. The standard InChI is InChI=1S/C11H14O/c1-6(12)11(2)9-7-3-4-8(5-7)10(9)11/h3-4,7-10H,5H2,1-2H3. The van der Waals surface area contributed by atoms with Gasteiger partial charge >= 0.3 is 0 Å². The average Bonchev–Trinajstić information content (AvgIpc) is 2.47. The predicted octanol–water partition coefficient (Wildman–Crippen LogP) is 2.03. The predicted molar refractivity (Wildman–Crippen MR) is 46.5 cm³/mol. The van der Waals surface area contributed by atoms with Crippen molar-refractivity contribution in [3.8, 4) is 0 Å². The molecular weight excluding hydrogens is 148 g/mol. The van der Waals surface area contributed by atoms with E-state index in [4.69, 9.17) is 0 Å². The summed E-state index contributed by atoms with van der Waals surface area (Å²) < 4.78 is 0. The quantitative estimate of drug-likeness (QED) is 0.539. The van der Waals surface area contributed by atoms with E-state index in [0.29, 0.717) is 17.6 Å². The van der Waals surface area contributed by atoms with E-state index >= 15 is 0 Å². The Balaban J connectivity index is 1.98. The number of hydrogen-bond acceptors (Lipinski definition) is 1. The first-order chi connectivity index (χ1) is 5.65. The van der Waals surface area contributed by atoms with Gasteiger partial charge in [-0.25, -0.2) is 0 Å². The SMILES string of the molecule is CC(=O)C1(C)C2C3C=CC(C3)C21. The molecule has 2 saturated carbocycles. The second kappa shape index (κ2) is 1.68. The summed E-state index contributed by atoms with van der Waals surface area (Å²) in [4.78, 5) is 11.4. The van der Waals surface area contributed by atoms with Gasteiger partial charge in [-0.1, -0.05) is 19.1 Å². The van der Waals surface area contributed by atoms with Gasteiger partial charge in [-0.2, -0.15) is 0 Å². The average molecular weight is 162 g/mol. The number of Topliss-reactive ketones (excluding diaryl/α,β-unsaturated/α-hetero) is 1. The van der Waals surface area contributed by atoms with Crippen LogP contribution in [-0.4, -0.2) is 5.78 Å². The number of ketones is 1. The van der Waals surface area contributed by atoms with Crippen molar-refractivity contribution in [3.63, 3.8) is 0 Å². The van der Waals surface area contributed by atoms with Gasteiger partial charge in [0.05, 0.1) is 0 Å². The van der Waals surface area contributed by atoms with Crippen molar-refractivity contribution >= 4 is 5.78 Å². The topological polar surface area (TPSA) is 17.1 Å². The van der Waals surface area contributed by atoms with Crippen molar-refractivity contribution in [1.29, 1.82) is 0 Å². The second-order valence-electron chi connectivity index (χ2n) is 4.84. The third kappa shape index (κ3) is 0.502. The molecule has 1 nitrogen and oxygen atoms in total. The lowest BCUT2D eigenvalue weighted by Crippen LogP contribution is -2.17. The highest BCUT2D eigenvalue weighted by Crippen LogP contribution is 2.74. The fourth-order valence-electron chi connectivity index (χ4n) is 3.76. The van der Waals surface area contributed by atoms with Gasteiger partial charge in [0.15, 0.2) is 0 Å². The van der Waals surface area contributed by atoms with Crippen LogP contribution in [-0.2, 0) is 4.79 Å². The molecule has 0 heterocycles. The smallest absolute Gasteiger partial charge is 0.136 e. The molecule has 12 heavy (non-hydrogen) atoms. The monoisotopic (exact) mass is 162 g/mol. The van der Waals surface area contributed by atoms with Crippen LogP contribution in [0.25, 0.3) is 0 Å². The van der Waals surface area contributed by atoms with Crippen LogP contribution in [0.1, 0.15) is 20.3 Å². The summed E-state index contributed by atoms with van der Waals surface area (Å²) in [7, 11) is 0. The fourth-order valence-corrected chi connectivity index (χ4v) is 3.76. The molecule has 0 amide bonds. The van der Waals surface area contributed by atoms with E-state index < -0.39 is 0 Å². The van der Waals surface area contributed by atoms with Crippen LogP contribution in [0.15, 0.2) is 12.2 Å². The molecule has 1 heteroatoms. The first-order valence-electron chi connectivity index (χ1n) is 4.85. The molecule has 64 valence electrons. The highest BCUT2D eigenvalue weighted by molar-refractivity contribution is 5.86. The van der Waals surface area contributed by atoms with Gasteiger partial charge in [-0.15, -0.1) is 0 Å². The Labute approximate surface area is 72.8 Å². The van der Waals surface area contributed by atoms with E-state index in [-0.39, 0.29) is 5.41 Å². The lowest BCUT2D eigenvalue weighted by molar-refractivity contribution is -0.122. The van der Waals surface area contributed by atoms with Crippen LogP contribution in [0.4, 0.5) is 0 Å². The van der Waals surface area contributed by atoms with E-state index in [0.717, 1.165) is 11.8 Å². The third-order valence-corrected chi connectivity index (χ3v) is 4.49. The van der Waals surface area contributed by atoms with Gasteiger partial charge < -0.3 is 0 Å². The molecule has 3 aliphatic rings. The zero-order valence-corrected chi connectivity index (χ0v) is 7.58. The Morgan fingerprint density at radius 2 is 1.83 bits per heavy atom. The van der Waals surface area contributed by atoms with Gasteiger partial charge in [0, 0.05) is 5.41 Å². The van der Waals surface area contributed by atoms with E-state index in [1.54, 1.807) is 6.92 Å². The molecule has 0 N–H and O–H groups in total. The Kier molecular flexibility index (Phi) is 0.964. The van der Waals surface area contributed by atoms with Crippen LogP contribution in [0.3, 0.4) is 0 Å². The number of rotatable bonds is 1. The largest absolute Gasteiger partial charge is 0.299 e. The number of hydrogen-bond donors (Lipinski definition) is 0. The zero-order chi connectivity index (χ0) is 8.51. The van der Waals surface area contributed by atoms with Crippen molar-refractivity contribution < 1.29 is 4.79 Å². The van der Waals surface area contributed by atoms with Gasteiger partial charge in [0.1, 0.15) is 5.78 Å². The van der Waals surface area contributed by atoms with Crippen LogP contribution >= 0.6 is 0 Å². The summed E-state index contributed by atoms with van der Waals surface area (Å²) in [6.07, 6.45) is 6.00. The van der Waals surface area contributed by atoms with Gasteiger partial charge in [0.2, 0.25) is 0 Å². The van der Waals surface area contributed by atoms with E-state index in [9.17, 15) is 4.79 Å². The fraction of sp³-hybridized carbons (Fsp3) is 0.727. The molecule has 2 bridgehead atoms. The van der Waals surface area contributed by atoms with Gasteiger partial charge in [-0.3, -0.25) is 4.79 Å². The molecule has 0 spiro atoms. The van der Waals surface area contributed by atoms with Crippen LogP contribution in [0.5, 0.6) is 0 Å². The van der Waals surface area contributed by atoms with E-state index in [1.165, 1.54) is 6.42 Å². The minimum absolute atomic E-state index is 0.0666. The normalized spacial score (nSPS) is 58.8. The molecule has 0 radical (unpaired) electrons. The summed E-state index contributed by atoms with van der Waals surface area (Å²) in [6.45, 7) is 3.93. The molecule has 0 aromatic rings. The summed E-state index contributed by atoms with van der Waals surface area (Å²) in [5.74, 6) is 3.33. The molecule has 3 aliphatic carbocycles. The minimum Gasteiger partial charge on any atom is -0.299 e. The second-order valence-corrected chi connectivity index (χ2v) is 4.84. The van der Waals surface area contributed by atoms with Crippen LogP contribution in [0.2, 0.25) is 0 Å². The summed E-state index contributed by atoms with van der Waals surface area (Å²) >= 11 is 0. The van der Waals surface area contributed by atoms with Crippen molar-refractivity contribution in [2.24, 2.45) is 29.1 Å². The summed E-state index contributed by atoms with van der Waals surface area (Å²) in [6, 6.07) is 0. The minimum atomic E-state index is 0.0666. The summed E-state index contributed by atoms with van der Waals surface area (Å²) in [5, 5.41) is 0. The maximum absolute atomic E-state index is 11.4. The Hall–Kier alpha value is -0.590. The first-order valence-corrected chi connectivity index (χ1v) is 4.85. The maximum atomic E-state index is 11.4. The number of carbonyl (C=O) groups excluding carboxylic acids is 1.